The van der Waals surface area contributed by atoms with Crippen LogP contribution in [0.15, 0.2) is 23.4 Å². The highest BCUT2D eigenvalue weighted by Crippen LogP contribution is 2.39. The van der Waals surface area contributed by atoms with Crippen molar-refractivity contribution in [3.63, 3.8) is 0 Å². The first kappa shape index (κ1) is 16.3. The molecule has 0 spiro atoms. The molecule has 0 unspecified atom stereocenters. The van der Waals surface area contributed by atoms with Gasteiger partial charge >= 0.3 is 0 Å². The molecule has 132 valence electrons. The zero-order valence-corrected chi connectivity index (χ0v) is 15.0. The molecule has 1 fully saturated rings. The first-order valence-electron chi connectivity index (χ1n) is 8.34. The maximum Gasteiger partial charge on any atom is 0.233 e. The molecule has 2 aromatic rings. The number of ether oxygens (including phenoxy) is 2. The number of carbonyl (C=O) groups excluding carboxylic acids is 1. The summed E-state index contributed by atoms with van der Waals surface area (Å²) in [4.78, 5) is 12.4. The molecular formula is C17H20N4O3S. The number of benzene rings is 1. The molecule has 1 atom stereocenters. The average Bonchev–Trinajstić information content (AvgIpc) is 3.23. The molecule has 8 heteroatoms. The Labute approximate surface area is 150 Å². The summed E-state index contributed by atoms with van der Waals surface area (Å²) in [6.07, 6.45) is 2.37. The fourth-order valence-electron chi connectivity index (χ4n) is 2.72. The first-order valence-corrected chi connectivity index (χ1v) is 9.22. The van der Waals surface area contributed by atoms with Crippen LogP contribution in [-0.2, 0) is 18.4 Å². The molecule has 1 saturated carbocycles. The van der Waals surface area contributed by atoms with Crippen LogP contribution in [0.1, 0.15) is 37.1 Å². The molecular weight excluding hydrogens is 340 g/mol. The summed E-state index contributed by atoms with van der Waals surface area (Å²) in [5.74, 6) is 3.00. The molecule has 1 amide bonds. The Balaban J connectivity index is 1.33. The third kappa shape index (κ3) is 3.44. The highest BCUT2D eigenvalue weighted by atomic mass is 32.2. The third-order valence-corrected chi connectivity index (χ3v) is 5.50. The van der Waals surface area contributed by atoms with Crippen LogP contribution in [0, 0.1) is 0 Å². The minimum atomic E-state index is -0.246. The van der Waals surface area contributed by atoms with Gasteiger partial charge in [0.2, 0.25) is 12.7 Å². The first-order chi connectivity index (χ1) is 12.1. The fourth-order valence-corrected chi connectivity index (χ4v) is 3.57. The van der Waals surface area contributed by atoms with E-state index in [0.717, 1.165) is 28.0 Å². The summed E-state index contributed by atoms with van der Waals surface area (Å²) >= 11 is 1.43. The SMILES string of the molecule is C[C@H](Sc1nnc(C2CC2)n1C)C(=O)NCc1ccc2c(c1)OCO2. The Kier molecular flexibility index (Phi) is 4.29. The summed E-state index contributed by atoms with van der Waals surface area (Å²) in [5, 5.41) is 12.0. The van der Waals surface area contributed by atoms with E-state index in [9.17, 15) is 4.79 Å². The molecule has 7 nitrogen and oxygen atoms in total. The Bertz CT molecular complexity index is 803. The van der Waals surface area contributed by atoms with Crippen molar-refractivity contribution in [1.29, 1.82) is 0 Å². The quantitative estimate of drug-likeness (QED) is 0.796. The number of carbonyl (C=O) groups is 1. The van der Waals surface area contributed by atoms with Gasteiger partial charge in [0.25, 0.3) is 0 Å². The van der Waals surface area contributed by atoms with E-state index in [1.54, 1.807) is 0 Å². The predicted octanol–water partition coefficient (Wildman–Crippen LogP) is 2.22. The molecule has 1 N–H and O–H groups in total. The molecule has 1 aliphatic carbocycles. The zero-order chi connectivity index (χ0) is 17.4. The summed E-state index contributed by atoms with van der Waals surface area (Å²) < 4.78 is 12.6. The normalized spacial score (nSPS) is 16.7. The van der Waals surface area contributed by atoms with E-state index in [1.165, 1.54) is 24.6 Å². The second kappa shape index (κ2) is 6.59. The molecule has 25 heavy (non-hydrogen) atoms. The van der Waals surface area contributed by atoms with E-state index < -0.39 is 0 Å². The van der Waals surface area contributed by atoms with Gasteiger partial charge in [-0.1, -0.05) is 17.8 Å². The summed E-state index contributed by atoms with van der Waals surface area (Å²) in [6.45, 7) is 2.58. The number of aromatic nitrogens is 3. The molecule has 0 bridgehead atoms. The van der Waals surface area contributed by atoms with E-state index in [4.69, 9.17) is 9.47 Å². The number of thioether (sulfide) groups is 1. The molecule has 1 aromatic carbocycles. The third-order valence-electron chi connectivity index (χ3n) is 4.37. The van der Waals surface area contributed by atoms with Crippen LogP contribution in [0.3, 0.4) is 0 Å². The van der Waals surface area contributed by atoms with Crippen molar-refractivity contribution in [3.8, 4) is 11.5 Å². The van der Waals surface area contributed by atoms with Crippen LogP contribution in [0.25, 0.3) is 0 Å². The molecule has 0 saturated heterocycles. The highest BCUT2D eigenvalue weighted by molar-refractivity contribution is 8.00. The van der Waals surface area contributed by atoms with Crippen LogP contribution in [0.5, 0.6) is 11.5 Å². The Morgan fingerprint density at radius 2 is 2.16 bits per heavy atom. The van der Waals surface area contributed by atoms with Gasteiger partial charge in [0.05, 0.1) is 5.25 Å². The predicted molar refractivity (Wildman–Crippen MR) is 92.7 cm³/mol. The van der Waals surface area contributed by atoms with Gasteiger partial charge in [-0.3, -0.25) is 4.79 Å². The minimum absolute atomic E-state index is 0.0290. The Morgan fingerprint density at radius 3 is 2.96 bits per heavy atom. The highest BCUT2D eigenvalue weighted by Gasteiger charge is 2.30. The maximum absolute atomic E-state index is 12.4. The van der Waals surface area contributed by atoms with E-state index in [1.807, 2.05) is 36.7 Å². The van der Waals surface area contributed by atoms with Crippen LogP contribution in [0.2, 0.25) is 0 Å². The van der Waals surface area contributed by atoms with Gasteiger partial charge in [-0.25, -0.2) is 0 Å². The van der Waals surface area contributed by atoms with Gasteiger partial charge in [-0.05, 0) is 37.5 Å². The lowest BCUT2D eigenvalue weighted by atomic mass is 10.2. The van der Waals surface area contributed by atoms with Crippen molar-refractivity contribution >= 4 is 17.7 Å². The van der Waals surface area contributed by atoms with E-state index >= 15 is 0 Å². The number of amides is 1. The monoisotopic (exact) mass is 360 g/mol. The van der Waals surface area contributed by atoms with Crippen LogP contribution in [-0.4, -0.2) is 32.7 Å². The van der Waals surface area contributed by atoms with Crippen molar-refractivity contribution < 1.29 is 14.3 Å². The topological polar surface area (TPSA) is 78.3 Å². The molecule has 1 aliphatic heterocycles. The number of rotatable bonds is 6. The lowest BCUT2D eigenvalue weighted by Crippen LogP contribution is -2.30. The number of hydrogen-bond donors (Lipinski definition) is 1. The smallest absolute Gasteiger partial charge is 0.233 e. The maximum atomic E-state index is 12.4. The molecule has 2 heterocycles. The Morgan fingerprint density at radius 1 is 1.36 bits per heavy atom. The number of hydrogen-bond acceptors (Lipinski definition) is 6. The second-order valence-corrected chi connectivity index (χ2v) is 7.65. The van der Waals surface area contributed by atoms with Crippen molar-refractivity contribution in [2.24, 2.45) is 7.05 Å². The number of nitrogens with zero attached hydrogens (tertiary/aromatic N) is 3. The van der Waals surface area contributed by atoms with Gasteiger partial charge in [-0.2, -0.15) is 0 Å². The van der Waals surface area contributed by atoms with Crippen molar-refractivity contribution in [2.45, 2.75) is 42.6 Å². The van der Waals surface area contributed by atoms with Gasteiger partial charge in [0, 0.05) is 19.5 Å². The standard InChI is InChI=1S/C17H20N4O3S/c1-10(25-17-20-19-15(21(17)2)12-4-5-12)16(22)18-8-11-3-6-13-14(7-11)24-9-23-13/h3,6-7,10,12H,4-5,8-9H2,1-2H3,(H,18,22)/t10-/m0/s1. The minimum Gasteiger partial charge on any atom is -0.454 e. The zero-order valence-electron chi connectivity index (χ0n) is 14.2. The van der Waals surface area contributed by atoms with Crippen molar-refractivity contribution in [1.82, 2.24) is 20.1 Å². The van der Waals surface area contributed by atoms with Crippen molar-refractivity contribution in [2.75, 3.05) is 6.79 Å². The summed E-state index contributed by atoms with van der Waals surface area (Å²) in [7, 11) is 1.97. The number of fused-ring (bicyclic) bond motifs is 1. The summed E-state index contributed by atoms with van der Waals surface area (Å²) in [6, 6.07) is 5.68. The summed E-state index contributed by atoms with van der Waals surface area (Å²) in [5.41, 5.74) is 0.976. The van der Waals surface area contributed by atoms with Gasteiger partial charge in [0.15, 0.2) is 16.7 Å². The molecule has 2 aliphatic rings. The van der Waals surface area contributed by atoms with E-state index in [2.05, 4.69) is 15.5 Å². The number of nitrogens with one attached hydrogen (secondary N) is 1. The van der Waals surface area contributed by atoms with E-state index in [-0.39, 0.29) is 18.0 Å². The second-order valence-electron chi connectivity index (χ2n) is 6.34. The molecule has 4 rings (SSSR count). The lowest BCUT2D eigenvalue weighted by molar-refractivity contribution is -0.120. The van der Waals surface area contributed by atoms with E-state index in [0.29, 0.717) is 12.5 Å². The van der Waals surface area contributed by atoms with Gasteiger partial charge < -0.3 is 19.4 Å². The Hall–Kier alpha value is -2.22. The fraction of sp³-hybridized carbons (Fsp3) is 0.471. The van der Waals surface area contributed by atoms with Crippen LogP contribution in [0.4, 0.5) is 0 Å². The molecule has 1 aromatic heterocycles. The van der Waals surface area contributed by atoms with Gasteiger partial charge in [-0.15, -0.1) is 10.2 Å². The average molecular weight is 360 g/mol. The van der Waals surface area contributed by atoms with Crippen LogP contribution < -0.4 is 14.8 Å². The van der Waals surface area contributed by atoms with Gasteiger partial charge in [0.1, 0.15) is 5.82 Å². The van der Waals surface area contributed by atoms with Crippen LogP contribution >= 0.6 is 11.8 Å². The van der Waals surface area contributed by atoms with Crippen molar-refractivity contribution in [3.05, 3.63) is 29.6 Å². The lowest BCUT2D eigenvalue weighted by Gasteiger charge is -2.12. The molecule has 0 radical (unpaired) electrons. The largest absolute Gasteiger partial charge is 0.454 e.